The van der Waals surface area contributed by atoms with Gasteiger partial charge >= 0.3 is 11.8 Å². The molecule has 0 bridgehead atoms. The van der Waals surface area contributed by atoms with Crippen LogP contribution in [0.5, 0.6) is 0 Å². The predicted octanol–water partition coefficient (Wildman–Crippen LogP) is 3.22. The van der Waals surface area contributed by atoms with Crippen LogP contribution in [0.4, 0.5) is 10.1 Å². The van der Waals surface area contributed by atoms with E-state index in [0.29, 0.717) is 10.6 Å². The topological polar surface area (TPSA) is 70.6 Å². The first-order valence-electron chi connectivity index (χ1n) is 6.31. The van der Waals surface area contributed by atoms with Crippen LogP contribution in [0.2, 0.25) is 10.0 Å². The van der Waals surface area contributed by atoms with Crippen LogP contribution < -0.4 is 10.7 Å². The summed E-state index contributed by atoms with van der Waals surface area (Å²) in [5, 5.41) is 6.56. The number of nitrogens with zero attached hydrogens (tertiary/aromatic N) is 1. The molecule has 2 aromatic rings. The van der Waals surface area contributed by atoms with Gasteiger partial charge in [-0.2, -0.15) is 5.10 Å². The first-order chi connectivity index (χ1) is 11.0. The highest BCUT2D eigenvalue weighted by Crippen LogP contribution is 2.24. The van der Waals surface area contributed by atoms with E-state index in [4.69, 9.17) is 23.2 Å². The first kappa shape index (κ1) is 16.9. The number of amides is 2. The summed E-state index contributed by atoms with van der Waals surface area (Å²) in [6, 6.07) is 9.89. The molecule has 5 nitrogen and oxygen atoms in total. The van der Waals surface area contributed by atoms with Crippen LogP contribution in [0.25, 0.3) is 0 Å². The molecule has 8 heteroatoms. The number of nitrogens with one attached hydrogen (secondary N) is 2. The fourth-order valence-electron chi connectivity index (χ4n) is 1.55. The van der Waals surface area contributed by atoms with Gasteiger partial charge in [-0.3, -0.25) is 9.59 Å². The zero-order valence-electron chi connectivity index (χ0n) is 11.5. The molecule has 2 amide bonds. The number of hydrazone groups is 1. The second-order valence-corrected chi connectivity index (χ2v) is 5.09. The molecule has 2 N–H and O–H groups in total. The van der Waals surface area contributed by atoms with Crippen molar-refractivity contribution < 1.29 is 14.0 Å². The van der Waals surface area contributed by atoms with Gasteiger partial charge in [0.25, 0.3) is 0 Å². The van der Waals surface area contributed by atoms with Crippen LogP contribution in [-0.4, -0.2) is 18.0 Å². The van der Waals surface area contributed by atoms with Crippen molar-refractivity contribution in [1.82, 2.24) is 5.43 Å². The summed E-state index contributed by atoms with van der Waals surface area (Å²) in [7, 11) is 0. The van der Waals surface area contributed by atoms with E-state index in [1.165, 1.54) is 18.3 Å². The van der Waals surface area contributed by atoms with Crippen molar-refractivity contribution in [2.45, 2.75) is 0 Å². The molecule has 0 atom stereocenters. The molecule has 0 aliphatic heterocycles. The summed E-state index contributed by atoms with van der Waals surface area (Å²) >= 11 is 11.8. The Morgan fingerprint density at radius 3 is 2.43 bits per heavy atom. The smallest absolute Gasteiger partial charge is 0.318 e. The minimum atomic E-state index is -0.983. The summed E-state index contributed by atoms with van der Waals surface area (Å²) in [5.74, 6) is -2.37. The molecule has 118 valence electrons. The average molecular weight is 354 g/mol. The Morgan fingerprint density at radius 2 is 1.74 bits per heavy atom. The molecule has 2 aromatic carbocycles. The Morgan fingerprint density at radius 1 is 1.04 bits per heavy atom. The summed E-state index contributed by atoms with van der Waals surface area (Å²) < 4.78 is 12.7. The molecule has 0 spiro atoms. The Balaban J connectivity index is 1.93. The monoisotopic (exact) mass is 353 g/mol. The normalized spacial score (nSPS) is 10.6. The molecule has 0 radical (unpaired) electrons. The number of benzene rings is 2. The van der Waals surface area contributed by atoms with Gasteiger partial charge in [0.15, 0.2) is 0 Å². The maximum absolute atomic E-state index is 12.7. The van der Waals surface area contributed by atoms with Gasteiger partial charge in [-0.05, 0) is 30.3 Å². The molecular formula is C15H10Cl2FN3O2. The number of hydrogen-bond donors (Lipinski definition) is 2. The molecule has 0 aliphatic rings. The van der Waals surface area contributed by atoms with Gasteiger partial charge in [0.2, 0.25) is 0 Å². The molecule has 0 aliphatic carbocycles. The van der Waals surface area contributed by atoms with E-state index in [-0.39, 0.29) is 10.7 Å². The van der Waals surface area contributed by atoms with E-state index in [2.05, 4.69) is 15.8 Å². The molecule has 0 heterocycles. The number of carbonyl (C=O) groups is 2. The third kappa shape index (κ3) is 4.77. The largest absolute Gasteiger partial charge is 0.329 e. The van der Waals surface area contributed by atoms with Crippen molar-refractivity contribution in [2.75, 3.05) is 5.32 Å². The van der Waals surface area contributed by atoms with Gasteiger partial charge in [-0.25, -0.2) is 9.82 Å². The van der Waals surface area contributed by atoms with E-state index < -0.39 is 17.6 Å². The predicted molar refractivity (Wildman–Crippen MR) is 87.2 cm³/mol. The average Bonchev–Trinajstić information content (AvgIpc) is 2.53. The lowest BCUT2D eigenvalue weighted by atomic mass is 10.2. The molecule has 2 rings (SSSR count). The van der Waals surface area contributed by atoms with Crippen LogP contribution >= 0.6 is 23.2 Å². The van der Waals surface area contributed by atoms with Gasteiger partial charge < -0.3 is 5.32 Å². The van der Waals surface area contributed by atoms with Gasteiger partial charge in [-0.1, -0.05) is 35.3 Å². The van der Waals surface area contributed by atoms with E-state index in [1.807, 2.05) is 0 Å². The van der Waals surface area contributed by atoms with Gasteiger partial charge in [0.1, 0.15) is 5.82 Å². The van der Waals surface area contributed by atoms with Crippen molar-refractivity contribution in [3.05, 3.63) is 63.9 Å². The van der Waals surface area contributed by atoms with Crippen LogP contribution in [0, 0.1) is 5.82 Å². The maximum Gasteiger partial charge on any atom is 0.329 e. The zero-order chi connectivity index (χ0) is 16.8. The Labute approximate surface area is 141 Å². The summed E-state index contributed by atoms with van der Waals surface area (Å²) in [5.41, 5.74) is 2.82. The maximum atomic E-state index is 12.7. The Bertz CT molecular complexity index is 764. The molecular weight excluding hydrogens is 344 g/mol. The fourth-order valence-corrected chi connectivity index (χ4v) is 1.91. The van der Waals surface area contributed by atoms with Crippen molar-refractivity contribution >= 4 is 46.9 Å². The van der Waals surface area contributed by atoms with E-state index in [0.717, 1.165) is 12.1 Å². The Hall–Kier alpha value is -2.44. The van der Waals surface area contributed by atoms with Crippen LogP contribution in [0.3, 0.4) is 0 Å². The van der Waals surface area contributed by atoms with Gasteiger partial charge in [-0.15, -0.1) is 0 Å². The third-order valence-corrected chi connectivity index (χ3v) is 3.49. The SMILES string of the molecule is O=C(N/N=C/c1cccc(Cl)c1Cl)C(=O)Nc1ccc(F)cc1. The highest BCUT2D eigenvalue weighted by atomic mass is 35.5. The van der Waals surface area contributed by atoms with Crippen molar-refractivity contribution in [3.63, 3.8) is 0 Å². The second kappa shape index (κ2) is 7.71. The summed E-state index contributed by atoms with van der Waals surface area (Å²) in [6.07, 6.45) is 1.26. The van der Waals surface area contributed by atoms with Crippen molar-refractivity contribution in [1.29, 1.82) is 0 Å². The minimum Gasteiger partial charge on any atom is -0.318 e. The van der Waals surface area contributed by atoms with Crippen LogP contribution in [0.15, 0.2) is 47.6 Å². The standard InChI is InChI=1S/C15H10Cl2FN3O2/c16-12-3-1-2-9(13(12)17)8-19-21-15(23)14(22)20-11-6-4-10(18)5-7-11/h1-8H,(H,20,22)(H,21,23)/b19-8+. The third-order valence-electron chi connectivity index (χ3n) is 2.66. The summed E-state index contributed by atoms with van der Waals surface area (Å²) in [4.78, 5) is 23.2. The van der Waals surface area contributed by atoms with E-state index >= 15 is 0 Å². The lowest BCUT2D eigenvalue weighted by molar-refractivity contribution is -0.136. The van der Waals surface area contributed by atoms with E-state index in [9.17, 15) is 14.0 Å². The lowest BCUT2D eigenvalue weighted by Gasteiger charge is -2.03. The van der Waals surface area contributed by atoms with Crippen molar-refractivity contribution in [2.24, 2.45) is 5.10 Å². The second-order valence-electron chi connectivity index (χ2n) is 4.30. The number of anilines is 1. The van der Waals surface area contributed by atoms with E-state index in [1.54, 1.807) is 18.2 Å². The number of rotatable bonds is 3. The lowest BCUT2D eigenvalue weighted by Crippen LogP contribution is -2.32. The Kier molecular flexibility index (Phi) is 5.67. The molecule has 0 unspecified atom stereocenters. The highest BCUT2D eigenvalue weighted by molar-refractivity contribution is 6.43. The van der Waals surface area contributed by atoms with Crippen molar-refractivity contribution in [3.8, 4) is 0 Å². The van der Waals surface area contributed by atoms with Gasteiger partial charge in [0, 0.05) is 11.3 Å². The molecule has 0 saturated carbocycles. The quantitative estimate of drug-likeness (QED) is 0.505. The van der Waals surface area contributed by atoms with Gasteiger partial charge in [0.05, 0.1) is 16.3 Å². The van der Waals surface area contributed by atoms with Crippen LogP contribution in [0.1, 0.15) is 5.56 Å². The number of carbonyl (C=O) groups excluding carboxylic acids is 2. The highest BCUT2D eigenvalue weighted by Gasteiger charge is 2.12. The minimum absolute atomic E-state index is 0.280. The van der Waals surface area contributed by atoms with Crippen LogP contribution in [-0.2, 0) is 9.59 Å². The number of hydrogen-bond acceptors (Lipinski definition) is 3. The fraction of sp³-hybridized carbons (Fsp3) is 0. The molecule has 0 saturated heterocycles. The zero-order valence-corrected chi connectivity index (χ0v) is 13.0. The molecule has 0 aromatic heterocycles. The summed E-state index contributed by atoms with van der Waals surface area (Å²) in [6.45, 7) is 0. The molecule has 0 fully saturated rings. The molecule has 23 heavy (non-hydrogen) atoms. The number of halogens is 3. The first-order valence-corrected chi connectivity index (χ1v) is 7.07.